The van der Waals surface area contributed by atoms with Crippen molar-refractivity contribution in [3.63, 3.8) is 0 Å². The van der Waals surface area contributed by atoms with Crippen LogP contribution in [0.15, 0.2) is 0 Å². The van der Waals surface area contributed by atoms with Gasteiger partial charge in [-0.3, -0.25) is 0 Å². The lowest BCUT2D eigenvalue weighted by Crippen LogP contribution is -2.51. The van der Waals surface area contributed by atoms with E-state index in [0.29, 0.717) is 6.54 Å². The molecular formula is C15H30N2O3. The average molecular weight is 286 g/mol. The Morgan fingerprint density at radius 1 is 1.30 bits per heavy atom. The molecule has 0 saturated heterocycles. The maximum absolute atomic E-state index is 11.9. The fraction of sp³-hybridized carbons (Fsp3) is 0.933. The average Bonchev–Trinajstić information content (AvgIpc) is 2.47. The highest BCUT2D eigenvalue weighted by Gasteiger charge is 2.26. The number of ether oxygens (including phenoxy) is 1. The van der Waals surface area contributed by atoms with E-state index in [2.05, 4.69) is 24.5 Å². The molecule has 0 aromatic carbocycles. The summed E-state index contributed by atoms with van der Waals surface area (Å²) in [5.74, 6) is 0.247. The van der Waals surface area contributed by atoms with Crippen molar-refractivity contribution in [1.82, 2.24) is 10.6 Å². The molecule has 1 rings (SSSR count). The van der Waals surface area contributed by atoms with Crippen LogP contribution in [0.5, 0.6) is 0 Å². The van der Waals surface area contributed by atoms with Crippen LogP contribution in [0.4, 0.5) is 4.79 Å². The molecule has 3 unspecified atom stereocenters. The number of amides is 2. The van der Waals surface area contributed by atoms with Gasteiger partial charge in [-0.05, 0) is 18.8 Å². The molecule has 20 heavy (non-hydrogen) atoms. The molecule has 0 aliphatic heterocycles. The first-order valence-corrected chi connectivity index (χ1v) is 7.87. The predicted molar refractivity (Wildman–Crippen MR) is 79.7 cm³/mol. The lowest BCUT2D eigenvalue weighted by molar-refractivity contribution is 0.0447. The molecule has 3 N–H and O–H groups in total. The maximum atomic E-state index is 11.9. The van der Waals surface area contributed by atoms with Gasteiger partial charge < -0.3 is 20.5 Å². The molecule has 0 radical (unpaired) electrons. The molecule has 0 aromatic heterocycles. The zero-order chi connectivity index (χ0) is 15.0. The third-order valence-corrected chi connectivity index (χ3v) is 4.39. The van der Waals surface area contributed by atoms with Crippen molar-refractivity contribution in [2.45, 2.75) is 70.6 Å². The first-order valence-electron chi connectivity index (χ1n) is 7.87. The zero-order valence-electron chi connectivity index (χ0n) is 13.0. The van der Waals surface area contributed by atoms with Crippen molar-refractivity contribution in [1.29, 1.82) is 0 Å². The molecule has 1 saturated carbocycles. The summed E-state index contributed by atoms with van der Waals surface area (Å²) in [7, 11) is 1.69. The van der Waals surface area contributed by atoms with Gasteiger partial charge in [-0.25, -0.2) is 4.79 Å². The standard InChI is InChI=1S/C15H30N2O3/c1-4-11(5-2)13(18)10-16-15(19)17-12-8-6-7-9-14(12)20-3/h11-14,18H,4-10H2,1-3H3,(H2,16,17,19). The number of carbonyl (C=O) groups excluding carboxylic acids is 1. The Bertz CT molecular complexity index is 282. The van der Waals surface area contributed by atoms with Crippen molar-refractivity contribution in [3.05, 3.63) is 0 Å². The van der Waals surface area contributed by atoms with Gasteiger partial charge in [0, 0.05) is 13.7 Å². The Balaban J connectivity index is 2.32. The van der Waals surface area contributed by atoms with E-state index >= 15 is 0 Å². The normalized spacial score (nSPS) is 24.4. The summed E-state index contributed by atoms with van der Waals surface area (Å²) in [4.78, 5) is 11.9. The molecule has 5 nitrogen and oxygen atoms in total. The van der Waals surface area contributed by atoms with E-state index in [1.165, 1.54) is 0 Å². The number of urea groups is 1. The number of hydrogen-bond donors (Lipinski definition) is 3. The smallest absolute Gasteiger partial charge is 0.315 e. The van der Waals surface area contributed by atoms with Crippen LogP contribution in [0.2, 0.25) is 0 Å². The lowest BCUT2D eigenvalue weighted by Gasteiger charge is -2.31. The Hall–Kier alpha value is -0.810. The van der Waals surface area contributed by atoms with E-state index in [0.717, 1.165) is 38.5 Å². The van der Waals surface area contributed by atoms with E-state index in [9.17, 15) is 9.90 Å². The largest absolute Gasteiger partial charge is 0.391 e. The molecule has 1 fully saturated rings. The summed E-state index contributed by atoms with van der Waals surface area (Å²) in [5, 5.41) is 15.7. The SMILES string of the molecule is CCC(CC)C(O)CNC(=O)NC1CCCCC1OC. The second-order valence-electron chi connectivity index (χ2n) is 5.66. The highest BCUT2D eigenvalue weighted by atomic mass is 16.5. The van der Waals surface area contributed by atoms with Crippen molar-refractivity contribution in [2.75, 3.05) is 13.7 Å². The predicted octanol–water partition coefficient (Wildman–Crippen LogP) is 2.04. The van der Waals surface area contributed by atoms with Crippen LogP contribution in [0.1, 0.15) is 52.4 Å². The number of rotatable bonds is 7. The Kier molecular flexibility index (Phi) is 7.92. The van der Waals surface area contributed by atoms with Crippen molar-refractivity contribution >= 4 is 6.03 Å². The van der Waals surface area contributed by atoms with Gasteiger partial charge in [0.1, 0.15) is 0 Å². The Morgan fingerprint density at radius 3 is 2.55 bits per heavy atom. The molecule has 1 aliphatic carbocycles. The van der Waals surface area contributed by atoms with E-state index in [1.54, 1.807) is 7.11 Å². The summed E-state index contributed by atoms with van der Waals surface area (Å²) < 4.78 is 5.41. The third-order valence-electron chi connectivity index (χ3n) is 4.39. The van der Waals surface area contributed by atoms with Gasteiger partial charge >= 0.3 is 6.03 Å². The second kappa shape index (κ2) is 9.19. The fourth-order valence-corrected chi connectivity index (χ4v) is 2.96. The van der Waals surface area contributed by atoms with Gasteiger partial charge in [0.2, 0.25) is 0 Å². The number of methoxy groups -OCH3 is 1. The number of aliphatic hydroxyl groups is 1. The molecule has 0 bridgehead atoms. The Morgan fingerprint density at radius 2 is 1.95 bits per heavy atom. The van der Waals surface area contributed by atoms with Gasteiger partial charge in [-0.2, -0.15) is 0 Å². The van der Waals surface area contributed by atoms with Gasteiger partial charge in [0.15, 0.2) is 0 Å². The van der Waals surface area contributed by atoms with E-state index in [1.807, 2.05) is 0 Å². The molecule has 0 spiro atoms. The molecule has 0 heterocycles. The molecule has 5 heteroatoms. The molecule has 1 aliphatic rings. The summed E-state index contributed by atoms with van der Waals surface area (Å²) in [6.45, 7) is 4.42. The highest BCUT2D eigenvalue weighted by molar-refractivity contribution is 5.74. The molecule has 2 amide bonds. The van der Waals surface area contributed by atoms with Crippen molar-refractivity contribution in [2.24, 2.45) is 5.92 Å². The zero-order valence-corrected chi connectivity index (χ0v) is 13.0. The molecule has 0 aromatic rings. The minimum Gasteiger partial charge on any atom is -0.391 e. The lowest BCUT2D eigenvalue weighted by atomic mass is 9.92. The molecular weight excluding hydrogens is 256 g/mol. The van der Waals surface area contributed by atoms with Gasteiger partial charge in [0.05, 0.1) is 18.2 Å². The maximum Gasteiger partial charge on any atom is 0.315 e. The van der Waals surface area contributed by atoms with Gasteiger partial charge in [-0.15, -0.1) is 0 Å². The topological polar surface area (TPSA) is 70.6 Å². The summed E-state index contributed by atoms with van der Waals surface area (Å²) in [6, 6.07) is -0.122. The second-order valence-corrected chi connectivity index (χ2v) is 5.66. The highest BCUT2D eigenvalue weighted by Crippen LogP contribution is 2.20. The minimum absolute atomic E-state index is 0.0824. The summed E-state index contributed by atoms with van der Waals surface area (Å²) in [5.41, 5.74) is 0. The van der Waals surface area contributed by atoms with E-state index < -0.39 is 6.10 Å². The van der Waals surface area contributed by atoms with Crippen molar-refractivity contribution < 1.29 is 14.6 Å². The van der Waals surface area contributed by atoms with Gasteiger partial charge in [0.25, 0.3) is 0 Å². The fourth-order valence-electron chi connectivity index (χ4n) is 2.96. The first kappa shape index (κ1) is 17.2. The first-order chi connectivity index (χ1) is 9.62. The van der Waals surface area contributed by atoms with Crippen LogP contribution in [-0.4, -0.2) is 43.0 Å². The third kappa shape index (κ3) is 5.29. The van der Waals surface area contributed by atoms with Crippen LogP contribution in [0, 0.1) is 5.92 Å². The van der Waals surface area contributed by atoms with Crippen LogP contribution < -0.4 is 10.6 Å². The van der Waals surface area contributed by atoms with E-state index in [-0.39, 0.29) is 24.1 Å². The van der Waals surface area contributed by atoms with Crippen LogP contribution in [0.3, 0.4) is 0 Å². The number of nitrogens with one attached hydrogen (secondary N) is 2. The van der Waals surface area contributed by atoms with Crippen molar-refractivity contribution in [3.8, 4) is 0 Å². The van der Waals surface area contributed by atoms with Crippen LogP contribution in [0.25, 0.3) is 0 Å². The number of hydrogen-bond acceptors (Lipinski definition) is 3. The summed E-state index contributed by atoms with van der Waals surface area (Å²) in [6.07, 6.45) is 5.73. The molecule has 3 atom stereocenters. The number of aliphatic hydroxyl groups excluding tert-OH is 1. The van der Waals surface area contributed by atoms with Crippen LogP contribution >= 0.6 is 0 Å². The monoisotopic (exact) mass is 286 g/mol. The Labute approximate surface area is 122 Å². The number of carbonyl (C=O) groups is 1. The van der Waals surface area contributed by atoms with Gasteiger partial charge in [-0.1, -0.05) is 39.5 Å². The van der Waals surface area contributed by atoms with Crippen LogP contribution in [-0.2, 0) is 4.74 Å². The quantitative estimate of drug-likeness (QED) is 0.671. The van der Waals surface area contributed by atoms with E-state index in [4.69, 9.17) is 4.74 Å². The molecule has 118 valence electrons. The minimum atomic E-state index is -0.472. The summed E-state index contributed by atoms with van der Waals surface area (Å²) >= 11 is 0.